The Bertz CT molecular complexity index is 349. The van der Waals surface area contributed by atoms with E-state index < -0.39 is 0 Å². The zero-order valence-electron chi connectivity index (χ0n) is 11.3. The summed E-state index contributed by atoms with van der Waals surface area (Å²) >= 11 is 0. The molecule has 0 atom stereocenters. The third-order valence-electron chi connectivity index (χ3n) is 2.93. The van der Waals surface area contributed by atoms with Crippen LogP contribution >= 0.6 is 0 Å². The van der Waals surface area contributed by atoms with Gasteiger partial charge in [0.1, 0.15) is 5.82 Å². The van der Waals surface area contributed by atoms with E-state index in [9.17, 15) is 0 Å². The molecule has 1 aromatic rings. The Hall–Kier alpha value is -1.07. The first-order valence-electron chi connectivity index (χ1n) is 6.18. The second kappa shape index (κ2) is 6.61. The summed E-state index contributed by atoms with van der Waals surface area (Å²) in [4.78, 5) is 2.27. The van der Waals surface area contributed by atoms with Crippen LogP contribution in [0.15, 0.2) is 0 Å². The lowest BCUT2D eigenvalue weighted by molar-refractivity contribution is 0.289. The zero-order chi connectivity index (χ0) is 12.8. The highest BCUT2D eigenvalue weighted by atomic mass is 16.3. The van der Waals surface area contributed by atoms with E-state index >= 15 is 0 Å². The minimum absolute atomic E-state index is 0.231. The summed E-state index contributed by atoms with van der Waals surface area (Å²) in [5.41, 5.74) is 2.31. The molecule has 0 radical (unpaired) electrons. The quantitative estimate of drug-likeness (QED) is 0.735. The number of anilines is 1. The molecule has 98 valence electrons. The van der Waals surface area contributed by atoms with Crippen molar-refractivity contribution < 1.29 is 5.11 Å². The lowest BCUT2D eigenvalue weighted by Gasteiger charge is -2.24. The van der Waals surface area contributed by atoms with Gasteiger partial charge < -0.3 is 15.3 Å². The maximum atomic E-state index is 8.94. The lowest BCUT2D eigenvalue weighted by atomic mass is 10.2. The first-order chi connectivity index (χ1) is 8.15. The van der Waals surface area contributed by atoms with Crippen LogP contribution in [-0.2, 0) is 13.6 Å². The molecule has 0 saturated carbocycles. The molecule has 5 heteroatoms. The van der Waals surface area contributed by atoms with Crippen LogP contribution in [0.5, 0.6) is 0 Å². The fourth-order valence-electron chi connectivity index (χ4n) is 2.14. The van der Waals surface area contributed by atoms with Gasteiger partial charge in [-0.3, -0.25) is 4.68 Å². The van der Waals surface area contributed by atoms with Crippen molar-refractivity contribution in [2.45, 2.75) is 26.8 Å². The SMILES string of the molecule is CCN(CCCO)c1c(CNC)c(C)nn1C. The van der Waals surface area contributed by atoms with Gasteiger partial charge in [-0.15, -0.1) is 0 Å². The van der Waals surface area contributed by atoms with Gasteiger partial charge in [-0.1, -0.05) is 0 Å². The highest BCUT2D eigenvalue weighted by molar-refractivity contribution is 5.50. The molecule has 1 rings (SSSR count). The molecule has 17 heavy (non-hydrogen) atoms. The van der Waals surface area contributed by atoms with Gasteiger partial charge in [-0.25, -0.2) is 0 Å². The maximum absolute atomic E-state index is 8.94. The normalized spacial score (nSPS) is 10.9. The summed E-state index contributed by atoms with van der Waals surface area (Å²) in [5.74, 6) is 1.16. The smallest absolute Gasteiger partial charge is 0.131 e. The molecular formula is C12H24N4O. The van der Waals surface area contributed by atoms with Crippen molar-refractivity contribution in [3.05, 3.63) is 11.3 Å². The van der Waals surface area contributed by atoms with Gasteiger partial charge in [0.15, 0.2) is 0 Å². The van der Waals surface area contributed by atoms with E-state index in [2.05, 4.69) is 22.2 Å². The Balaban J connectivity index is 2.99. The maximum Gasteiger partial charge on any atom is 0.131 e. The van der Waals surface area contributed by atoms with Crippen LogP contribution in [0, 0.1) is 6.92 Å². The van der Waals surface area contributed by atoms with Gasteiger partial charge in [-0.2, -0.15) is 5.10 Å². The molecule has 0 aliphatic rings. The van der Waals surface area contributed by atoms with E-state index in [1.165, 1.54) is 5.56 Å². The minimum atomic E-state index is 0.231. The van der Waals surface area contributed by atoms with E-state index in [-0.39, 0.29) is 6.61 Å². The van der Waals surface area contributed by atoms with Crippen LogP contribution in [0.2, 0.25) is 0 Å². The summed E-state index contributed by atoms with van der Waals surface area (Å²) in [5, 5.41) is 16.6. The Morgan fingerprint density at radius 2 is 2.18 bits per heavy atom. The molecule has 0 spiro atoms. The molecule has 0 amide bonds. The molecule has 2 N–H and O–H groups in total. The number of rotatable bonds is 7. The zero-order valence-corrected chi connectivity index (χ0v) is 11.3. The van der Waals surface area contributed by atoms with Crippen LogP contribution in [0.4, 0.5) is 5.82 Å². The average molecular weight is 240 g/mol. The predicted molar refractivity (Wildman–Crippen MR) is 70.3 cm³/mol. The highest BCUT2D eigenvalue weighted by Crippen LogP contribution is 2.23. The van der Waals surface area contributed by atoms with Crippen molar-refractivity contribution in [3.8, 4) is 0 Å². The van der Waals surface area contributed by atoms with E-state index in [0.717, 1.165) is 37.6 Å². The molecule has 0 unspecified atom stereocenters. The van der Waals surface area contributed by atoms with Crippen LogP contribution in [0.3, 0.4) is 0 Å². The van der Waals surface area contributed by atoms with Gasteiger partial charge in [0, 0.05) is 38.9 Å². The summed E-state index contributed by atoms with van der Waals surface area (Å²) in [6.07, 6.45) is 0.789. The Morgan fingerprint density at radius 3 is 2.71 bits per heavy atom. The van der Waals surface area contributed by atoms with Crippen LogP contribution in [-0.4, -0.2) is 41.6 Å². The van der Waals surface area contributed by atoms with Gasteiger partial charge in [0.25, 0.3) is 0 Å². The third-order valence-corrected chi connectivity index (χ3v) is 2.93. The molecule has 1 heterocycles. The third kappa shape index (κ3) is 3.20. The summed E-state index contributed by atoms with van der Waals surface area (Å²) in [6, 6.07) is 0. The molecule has 0 aromatic carbocycles. The van der Waals surface area contributed by atoms with Crippen molar-refractivity contribution in [2.24, 2.45) is 7.05 Å². The Kier molecular flexibility index (Phi) is 5.44. The van der Waals surface area contributed by atoms with Crippen molar-refractivity contribution in [2.75, 3.05) is 31.6 Å². The molecule has 0 saturated heterocycles. The number of nitrogens with one attached hydrogen (secondary N) is 1. The number of nitrogens with zero attached hydrogens (tertiary/aromatic N) is 3. The fraction of sp³-hybridized carbons (Fsp3) is 0.750. The molecule has 0 aliphatic carbocycles. The molecule has 1 aromatic heterocycles. The number of aryl methyl sites for hydroxylation is 2. The molecular weight excluding hydrogens is 216 g/mol. The second-order valence-corrected chi connectivity index (χ2v) is 4.20. The number of hydrogen-bond donors (Lipinski definition) is 2. The van der Waals surface area contributed by atoms with E-state index in [1.54, 1.807) is 0 Å². The molecule has 0 bridgehead atoms. The van der Waals surface area contributed by atoms with Crippen molar-refractivity contribution in [1.29, 1.82) is 0 Å². The van der Waals surface area contributed by atoms with Crippen molar-refractivity contribution in [3.63, 3.8) is 0 Å². The fourth-order valence-corrected chi connectivity index (χ4v) is 2.14. The van der Waals surface area contributed by atoms with E-state index in [1.807, 2.05) is 25.7 Å². The summed E-state index contributed by atoms with van der Waals surface area (Å²) in [7, 11) is 3.92. The highest BCUT2D eigenvalue weighted by Gasteiger charge is 2.17. The molecule has 5 nitrogen and oxygen atoms in total. The first-order valence-corrected chi connectivity index (χ1v) is 6.18. The first kappa shape index (κ1) is 14.0. The minimum Gasteiger partial charge on any atom is -0.396 e. The number of aliphatic hydroxyl groups excluding tert-OH is 1. The van der Waals surface area contributed by atoms with Gasteiger partial charge in [0.05, 0.1) is 5.69 Å². The molecule has 0 aliphatic heterocycles. The number of aliphatic hydroxyl groups is 1. The topological polar surface area (TPSA) is 53.3 Å². The van der Waals surface area contributed by atoms with Crippen molar-refractivity contribution >= 4 is 5.82 Å². The second-order valence-electron chi connectivity index (χ2n) is 4.20. The molecule has 0 fully saturated rings. The largest absolute Gasteiger partial charge is 0.396 e. The van der Waals surface area contributed by atoms with Crippen LogP contribution < -0.4 is 10.2 Å². The average Bonchev–Trinajstić information content (AvgIpc) is 2.57. The van der Waals surface area contributed by atoms with Crippen molar-refractivity contribution in [1.82, 2.24) is 15.1 Å². The monoisotopic (exact) mass is 240 g/mol. The van der Waals surface area contributed by atoms with Crippen LogP contribution in [0.25, 0.3) is 0 Å². The number of hydrogen-bond acceptors (Lipinski definition) is 4. The van der Waals surface area contributed by atoms with Gasteiger partial charge in [0.2, 0.25) is 0 Å². The van der Waals surface area contributed by atoms with E-state index in [0.29, 0.717) is 0 Å². The summed E-state index contributed by atoms with van der Waals surface area (Å²) < 4.78 is 1.93. The van der Waals surface area contributed by atoms with Gasteiger partial charge in [-0.05, 0) is 27.3 Å². The Morgan fingerprint density at radius 1 is 1.47 bits per heavy atom. The van der Waals surface area contributed by atoms with E-state index in [4.69, 9.17) is 5.11 Å². The Labute approximate surface area is 103 Å². The van der Waals surface area contributed by atoms with Gasteiger partial charge >= 0.3 is 0 Å². The summed E-state index contributed by atoms with van der Waals surface area (Å²) in [6.45, 7) is 7.01. The number of aromatic nitrogens is 2. The lowest BCUT2D eigenvalue weighted by Crippen LogP contribution is -2.28. The predicted octanol–water partition coefficient (Wildman–Crippen LogP) is 0.657. The van der Waals surface area contributed by atoms with Crippen LogP contribution in [0.1, 0.15) is 24.6 Å². The standard InChI is InChI=1S/C12H24N4O/c1-5-16(7-6-8-17)12-11(9-13-3)10(2)14-15(12)4/h13,17H,5-9H2,1-4H3.